The van der Waals surface area contributed by atoms with E-state index in [4.69, 9.17) is 5.73 Å². The lowest BCUT2D eigenvalue weighted by atomic mass is 9.58. The lowest BCUT2D eigenvalue weighted by molar-refractivity contribution is -0.148. The molecule has 0 bridgehead atoms. The molecule has 34 heavy (non-hydrogen) atoms. The standard InChI is InChI=1S/C25H30N2O7/c1-5-10-7-11(6-2)19(28)16-13(10)8-12-9-14-18(27(3)4)21(30)17(24(26)33)23(32)25(14,34)22(31)15(12)20(16)29/h7,12,14,18,28,30-31,34H,5-6,8-9H2,1-4H3,(H2,26,33)/t12-,14-,18-,25-/m1/s1. The molecule has 0 heterocycles. The smallest absolute Gasteiger partial charge is 0.255 e. The van der Waals surface area contributed by atoms with E-state index in [1.807, 2.05) is 19.9 Å². The average molecular weight is 471 g/mol. The molecule has 0 aliphatic heterocycles. The maximum atomic E-state index is 13.7. The topological polar surface area (TPSA) is 161 Å². The van der Waals surface area contributed by atoms with Gasteiger partial charge in [-0.2, -0.15) is 0 Å². The Morgan fingerprint density at radius 2 is 1.76 bits per heavy atom. The summed E-state index contributed by atoms with van der Waals surface area (Å²) in [6.45, 7) is 3.81. The number of ketones is 2. The van der Waals surface area contributed by atoms with Crippen molar-refractivity contribution in [2.75, 3.05) is 14.1 Å². The summed E-state index contributed by atoms with van der Waals surface area (Å²) >= 11 is 0. The fourth-order valence-corrected chi connectivity index (χ4v) is 6.04. The fraction of sp³-hybridized carbons (Fsp3) is 0.480. The minimum Gasteiger partial charge on any atom is -0.510 e. The number of allylic oxidation sites excluding steroid dienone is 1. The number of fused-ring (bicyclic) bond motifs is 3. The van der Waals surface area contributed by atoms with Crippen molar-refractivity contribution in [3.63, 3.8) is 0 Å². The van der Waals surface area contributed by atoms with Crippen LogP contribution in [0.25, 0.3) is 0 Å². The first-order valence-electron chi connectivity index (χ1n) is 11.4. The number of aliphatic hydroxyl groups excluding tert-OH is 2. The summed E-state index contributed by atoms with van der Waals surface area (Å²) in [4.78, 5) is 40.5. The van der Waals surface area contributed by atoms with Crippen LogP contribution in [-0.2, 0) is 28.9 Å². The van der Waals surface area contributed by atoms with Crippen LogP contribution in [0.3, 0.4) is 0 Å². The third-order valence-electron chi connectivity index (χ3n) is 7.66. The van der Waals surface area contributed by atoms with Crippen molar-refractivity contribution >= 4 is 17.5 Å². The van der Waals surface area contributed by atoms with Gasteiger partial charge in [-0.05, 0) is 62.4 Å². The van der Waals surface area contributed by atoms with E-state index in [-0.39, 0.29) is 23.3 Å². The van der Waals surface area contributed by atoms with Gasteiger partial charge in [0.25, 0.3) is 5.91 Å². The molecule has 0 unspecified atom stereocenters. The van der Waals surface area contributed by atoms with Gasteiger partial charge in [0.15, 0.2) is 11.4 Å². The van der Waals surface area contributed by atoms with Crippen LogP contribution in [-0.4, -0.2) is 68.5 Å². The van der Waals surface area contributed by atoms with E-state index in [1.165, 1.54) is 4.90 Å². The number of primary amides is 1. The number of benzene rings is 1. The Morgan fingerprint density at radius 1 is 1.15 bits per heavy atom. The molecule has 182 valence electrons. The molecule has 0 spiro atoms. The van der Waals surface area contributed by atoms with Gasteiger partial charge < -0.3 is 26.2 Å². The minimum atomic E-state index is -2.61. The number of rotatable bonds is 4. The maximum absolute atomic E-state index is 13.7. The third-order valence-corrected chi connectivity index (χ3v) is 7.66. The lowest BCUT2D eigenvalue weighted by Crippen LogP contribution is -2.63. The van der Waals surface area contributed by atoms with Crippen LogP contribution in [0, 0.1) is 11.8 Å². The van der Waals surface area contributed by atoms with Gasteiger partial charge in [0.05, 0.1) is 11.6 Å². The van der Waals surface area contributed by atoms with Crippen LogP contribution in [0.2, 0.25) is 0 Å². The maximum Gasteiger partial charge on any atom is 0.255 e. The number of aromatic hydroxyl groups is 1. The lowest BCUT2D eigenvalue weighted by Gasteiger charge is -2.50. The summed E-state index contributed by atoms with van der Waals surface area (Å²) < 4.78 is 0. The first-order chi connectivity index (χ1) is 15.9. The van der Waals surface area contributed by atoms with Crippen molar-refractivity contribution in [2.24, 2.45) is 17.6 Å². The van der Waals surface area contributed by atoms with Gasteiger partial charge in [0.2, 0.25) is 5.78 Å². The number of hydrogen-bond acceptors (Lipinski definition) is 8. The largest absolute Gasteiger partial charge is 0.510 e. The number of carbonyl (C=O) groups excluding carboxylic acids is 3. The first-order valence-corrected chi connectivity index (χ1v) is 11.4. The quantitative estimate of drug-likeness (QED) is 0.411. The number of nitrogens with two attached hydrogens (primary N) is 1. The predicted molar refractivity (Wildman–Crippen MR) is 122 cm³/mol. The average Bonchev–Trinajstić information content (AvgIpc) is 2.76. The Hall–Kier alpha value is -3.17. The highest BCUT2D eigenvalue weighted by molar-refractivity contribution is 6.24. The van der Waals surface area contributed by atoms with Crippen molar-refractivity contribution in [3.05, 3.63) is 51.0 Å². The van der Waals surface area contributed by atoms with Crippen LogP contribution in [0.15, 0.2) is 28.7 Å². The number of Topliss-reactive ketones (excluding diaryl/α,β-unsaturated/α-hetero) is 2. The molecule has 3 aliphatic rings. The van der Waals surface area contributed by atoms with E-state index in [1.54, 1.807) is 14.1 Å². The van der Waals surface area contributed by atoms with Crippen LogP contribution in [0.5, 0.6) is 5.75 Å². The van der Waals surface area contributed by atoms with E-state index in [0.717, 1.165) is 5.56 Å². The van der Waals surface area contributed by atoms with Gasteiger partial charge in [-0.1, -0.05) is 19.9 Å². The van der Waals surface area contributed by atoms with E-state index in [0.29, 0.717) is 30.4 Å². The molecule has 9 heteroatoms. The molecule has 1 amide bonds. The van der Waals surface area contributed by atoms with Gasteiger partial charge in [-0.25, -0.2) is 0 Å². The van der Waals surface area contributed by atoms with E-state index in [2.05, 4.69) is 0 Å². The number of aryl methyl sites for hydroxylation is 2. The molecule has 9 nitrogen and oxygen atoms in total. The Morgan fingerprint density at radius 3 is 2.29 bits per heavy atom. The summed E-state index contributed by atoms with van der Waals surface area (Å²) in [6.07, 6.45) is 1.54. The third kappa shape index (κ3) is 2.96. The van der Waals surface area contributed by atoms with Crippen LogP contribution < -0.4 is 5.73 Å². The summed E-state index contributed by atoms with van der Waals surface area (Å²) in [6, 6.07) is 0.891. The number of phenols is 1. The van der Waals surface area contributed by atoms with Crippen LogP contribution >= 0.6 is 0 Å². The van der Waals surface area contributed by atoms with Crippen molar-refractivity contribution in [2.45, 2.75) is 51.2 Å². The zero-order chi connectivity index (χ0) is 25.3. The van der Waals surface area contributed by atoms with Gasteiger partial charge in [0, 0.05) is 11.5 Å². The van der Waals surface area contributed by atoms with Crippen LogP contribution in [0.1, 0.15) is 47.3 Å². The minimum absolute atomic E-state index is 0.0805. The molecule has 4 atom stereocenters. The fourth-order valence-electron chi connectivity index (χ4n) is 6.04. The molecular weight excluding hydrogens is 440 g/mol. The van der Waals surface area contributed by atoms with Gasteiger partial charge >= 0.3 is 0 Å². The number of nitrogens with zero attached hydrogens (tertiary/aromatic N) is 1. The van der Waals surface area contributed by atoms with Gasteiger partial charge in [0.1, 0.15) is 22.8 Å². The number of likely N-dealkylation sites (N-methyl/N-ethyl adjacent to an activating group) is 1. The summed E-state index contributed by atoms with van der Waals surface area (Å²) in [5.41, 5.74) is 4.07. The molecule has 0 radical (unpaired) electrons. The Kier molecular flexibility index (Phi) is 5.61. The zero-order valence-corrected chi connectivity index (χ0v) is 19.7. The molecule has 0 fully saturated rings. The zero-order valence-electron chi connectivity index (χ0n) is 19.7. The molecular formula is C25H30N2O7. The predicted octanol–water partition coefficient (Wildman–Crippen LogP) is 1.25. The van der Waals surface area contributed by atoms with Crippen molar-refractivity contribution in [1.29, 1.82) is 0 Å². The second-order valence-corrected chi connectivity index (χ2v) is 9.57. The highest BCUT2D eigenvalue weighted by Gasteiger charge is 2.63. The second-order valence-electron chi connectivity index (χ2n) is 9.57. The van der Waals surface area contributed by atoms with Crippen molar-refractivity contribution in [1.82, 2.24) is 4.90 Å². The molecule has 3 aliphatic carbocycles. The van der Waals surface area contributed by atoms with E-state index >= 15 is 0 Å². The Bertz CT molecular complexity index is 1200. The number of amides is 1. The second kappa shape index (κ2) is 7.95. The molecule has 4 rings (SSSR count). The van der Waals surface area contributed by atoms with E-state index in [9.17, 15) is 34.8 Å². The van der Waals surface area contributed by atoms with Gasteiger partial charge in [-0.3, -0.25) is 19.3 Å². The Balaban J connectivity index is 1.99. The van der Waals surface area contributed by atoms with Crippen molar-refractivity contribution in [3.8, 4) is 5.75 Å². The summed E-state index contributed by atoms with van der Waals surface area (Å²) in [5, 5.41) is 44.5. The molecule has 6 N–H and O–H groups in total. The SMILES string of the molecule is CCc1cc(CC)c2c(c1O)C(=O)C1=C(O)[C@@]3(O)C(=O)C(C(N)=O)=C(O)[C@H](N(C)C)[C@H]3C[C@H]1C2. The first kappa shape index (κ1) is 24.0. The monoisotopic (exact) mass is 470 g/mol. The molecule has 1 aromatic carbocycles. The number of carbonyl (C=O) groups is 3. The number of aliphatic hydroxyl groups is 3. The molecule has 0 aromatic heterocycles. The highest BCUT2D eigenvalue weighted by atomic mass is 16.3. The van der Waals surface area contributed by atoms with Crippen molar-refractivity contribution < 1.29 is 34.8 Å². The van der Waals surface area contributed by atoms with Gasteiger partial charge in [-0.15, -0.1) is 0 Å². The summed E-state index contributed by atoms with van der Waals surface area (Å²) in [7, 11) is 3.21. The number of hydrogen-bond donors (Lipinski definition) is 5. The molecule has 0 saturated carbocycles. The summed E-state index contributed by atoms with van der Waals surface area (Å²) in [5.74, 6) is -6.27. The molecule has 0 saturated heterocycles. The van der Waals surface area contributed by atoms with E-state index < -0.39 is 58.0 Å². The highest BCUT2D eigenvalue weighted by Crippen LogP contribution is 2.52. The Labute approximate surface area is 197 Å². The normalized spacial score (nSPS) is 28.7. The molecule has 1 aromatic rings. The number of phenolic OH excluding ortho intramolecular Hbond substituents is 1. The van der Waals surface area contributed by atoms with Crippen LogP contribution in [0.4, 0.5) is 0 Å².